The standard InChI is InChI=1S/C33H38N2O6/c1-3-11-32(38)40-29-18-17-27(22-30(29)41-33(39)12-4-2)28(36)24-35(23-26-15-9-6-10-16-26)20-19-34-31(37)21-25-13-7-5-8-14-25/h5-10,13-18,22H,3-4,11-12,19-21,23-24H2,1-2H3,(H,34,37). The molecule has 0 saturated carbocycles. The van der Waals surface area contributed by atoms with Gasteiger partial charge in [0.05, 0.1) is 13.0 Å². The molecule has 216 valence electrons. The number of ketones is 1. The van der Waals surface area contributed by atoms with Crippen molar-refractivity contribution in [3.05, 3.63) is 95.6 Å². The minimum absolute atomic E-state index is 0.0431. The molecule has 0 aliphatic rings. The minimum Gasteiger partial charge on any atom is -0.423 e. The van der Waals surface area contributed by atoms with Gasteiger partial charge in [0.2, 0.25) is 5.91 Å². The summed E-state index contributed by atoms with van der Waals surface area (Å²) in [6.07, 6.45) is 1.91. The number of rotatable bonds is 16. The highest BCUT2D eigenvalue weighted by Gasteiger charge is 2.19. The van der Waals surface area contributed by atoms with E-state index in [-0.39, 0.29) is 49.0 Å². The summed E-state index contributed by atoms with van der Waals surface area (Å²) in [6, 6.07) is 23.8. The van der Waals surface area contributed by atoms with Crippen LogP contribution in [-0.2, 0) is 27.3 Å². The number of benzene rings is 3. The van der Waals surface area contributed by atoms with Crippen LogP contribution in [0.25, 0.3) is 0 Å². The molecule has 0 aliphatic heterocycles. The van der Waals surface area contributed by atoms with Crippen LogP contribution in [0.2, 0.25) is 0 Å². The highest BCUT2D eigenvalue weighted by molar-refractivity contribution is 5.98. The van der Waals surface area contributed by atoms with Crippen LogP contribution in [0.4, 0.5) is 0 Å². The van der Waals surface area contributed by atoms with Crippen LogP contribution in [0.15, 0.2) is 78.9 Å². The van der Waals surface area contributed by atoms with Crippen LogP contribution >= 0.6 is 0 Å². The molecule has 8 heteroatoms. The molecule has 1 amide bonds. The largest absolute Gasteiger partial charge is 0.423 e. The van der Waals surface area contributed by atoms with Gasteiger partial charge < -0.3 is 14.8 Å². The topological polar surface area (TPSA) is 102 Å². The Balaban J connectivity index is 1.71. The number of hydrogen-bond acceptors (Lipinski definition) is 7. The maximum atomic E-state index is 13.4. The lowest BCUT2D eigenvalue weighted by molar-refractivity contribution is -0.137. The van der Waals surface area contributed by atoms with Crippen molar-refractivity contribution < 1.29 is 28.7 Å². The fraction of sp³-hybridized carbons (Fsp3) is 0.333. The number of carbonyl (C=O) groups is 4. The first-order valence-electron chi connectivity index (χ1n) is 14.0. The quantitative estimate of drug-likeness (QED) is 0.148. The number of esters is 2. The van der Waals surface area contributed by atoms with Gasteiger partial charge in [0.1, 0.15) is 0 Å². The summed E-state index contributed by atoms with van der Waals surface area (Å²) in [4.78, 5) is 52.1. The molecule has 0 aliphatic carbocycles. The normalized spacial score (nSPS) is 10.7. The third-order valence-corrected chi connectivity index (χ3v) is 6.20. The summed E-state index contributed by atoms with van der Waals surface area (Å²) in [5, 5.41) is 2.94. The molecule has 41 heavy (non-hydrogen) atoms. The van der Waals surface area contributed by atoms with Gasteiger partial charge in [-0.15, -0.1) is 0 Å². The van der Waals surface area contributed by atoms with Gasteiger partial charge in [0, 0.05) is 38.0 Å². The van der Waals surface area contributed by atoms with Gasteiger partial charge >= 0.3 is 11.9 Å². The molecule has 0 fully saturated rings. The van der Waals surface area contributed by atoms with E-state index in [4.69, 9.17) is 9.47 Å². The molecule has 0 unspecified atom stereocenters. The van der Waals surface area contributed by atoms with Crippen molar-refractivity contribution in [2.24, 2.45) is 0 Å². The van der Waals surface area contributed by atoms with Crippen LogP contribution < -0.4 is 14.8 Å². The molecular formula is C33H38N2O6. The molecule has 0 heterocycles. The third kappa shape index (κ3) is 11.0. The molecule has 3 rings (SSSR count). The van der Waals surface area contributed by atoms with Crippen molar-refractivity contribution in [3.8, 4) is 11.5 Å². The number of Topliss-reactive ketones (excluding diaryl/α,β-unsaturated/α-hetero) is 1. The van der Waals surface area contributed by atoms with Crippen LogP contribution in [-0.4, -0.2) is 48.2 Å². The Bertz CT molecular complexity index is 1290. The summed E-state index contributed by atoms with van der Waals surface area (Å²) >= 11 is 0. The molecule has 0 bridgehead atoms. The van der Waals surface area contributed by atoms with Gasteiger partial charge in [0.15, 0.2) is 17.3 Å². The summed E-state index contributed by atoms with van der Waals surface area (Å²) < 4.78 is 10.9. The molecule has 0 aromatic heterocycles. The van der Waals surface area contributed by atoms with Crippen molar-refractivity contribution in [3.63, 3.8) is 0 Å². The molecule has 8 nitrogen and oxygen atoms in total. The predicted octanol–water partition coefficient (Wildman–Crippen LogP) is 5.14. The SMILES string of the molecule is CCCC(=O)Oc1ccc(C(=O)CN(CCNC(=O)Cc2ccccc2)Cc2ccccc2)cc1OC(=O)CCC. The molecular weight excluding hydrogens is 520 g/mol. The van der Waals surface area contributed by atoms with Crippen molar-refractivity contribution in [1.29, 1.82) is 0 Å². The zero-order valence-electron chi connectivity index (χ0n) is 23.8. The Morgan fingerprint density at radius 3 is 1.93 bits per heavy atom. The second-order valence-electron chi connectivity index (χ2n) is 9.74. The van der Waals surface area contributed by atoms with Crippen molar-refractivity contribution in [2.45, 2.75) is 52.5 Å². The molecule has 0 spiro atoms. The van der Waals surface area contributed by atoms with E-state index in [1.165, 1.54) is 12.1 Å². The Labute approximate surface area is 241 Å². The van der Waals surface area contributed by atoms with E-state index in [1.807, 2.05) is 79.4 Å². The Hall–Kier alpha value is -4.30. The smallest absolute Gasteiger partial charge is 0.311 e. The molecule has 0 saturated heterocycles. The number of nitrogens with one attached hydrogen (secondary N) is 1. The highest BCUT2D eigenvalue weighted by atomic mass is 16.6. The van der Waals surface area contributed by atoms with Crippen molar-refractivity contribution in [1.82, 2.24) is 10.2 Å². The fourth-order valence-electron chi connectivity index (χ4n) is 4.15. The molecule has 3 aromatic rings. The van der Waals surface area contributed by atoms with E-state index < -0.39 is 11.9 Å². The van der Waals surface area contributed by atoms with E-state index in [9.17, 15) is 19.2 Å². The summed E-state index contributed by atoms with van der Waals surface area (Å²) in [7, 11) is 0. The third-order valence-electron chi connectivity index (χ3n) is 6.20. The number of hydrogen-bond donors (Lipinski definition) is 1. The van der Waals surface area contributed by atoms with E-state index in [0.29, 0.717) is 38.0 Å². The first-order valence-corrected chi connectivity index (χ1v) is 14.0. The number of amides is 1. The van der Waals surface area contributed by atoms with Gasteiger partial charge in [-0.2, -0.15) is 0 Å². The predicted molar refractivity (Wildman–Crippen MR) is 157 cm³/mol. The fourth-order valence-corrected chi connectivity index (χ4v) is 4.15. The second-order valence-corrected chi connectivity index (χ2v) is 9.74. The number of ether oxygens (including phenoxy) is 2. The first-order chi connectivity index (χ1) is 19.9. The zero-order valence-corrected chi connectivity index (χ0v) is 23.8. The molecule has 0 atom stereocenters. The zero-order chi connectivity index (χ0) is 29.5. The molecule has 0 radical (unpaired) electrons. The summed E-state index contributed by atoms with van der Waals surface area (Å²) in [6.45, 7) is 5.12. The van der Waals surface area contributed by atoms with Gasteiger partial charge in [-0.05, 0) is 42.2 Å². The lowest BCUT2D eigenvalue weighted by Crippen LogP contribution is -2.37. The summed E-state index contributed by atoms with van der Waals surface area (Å²) in [5.41, 5.74) is 2.29. The molecule has 3 aromatic carbocycles. The van der Waals surface area contributed by atoms with Crippen LogP contribution in [0, 0.1) is 0 Å². The Kier molecular flexibility index (Phi) is 12.7. The lowest BCUT2D eigenvalue weighted by Gasteiger charge is -2.22. The summed E-state index contributed by atoms with van der Waals surface area (Å²) in [5.74, 6) is -1.05. The van der Waals surface area contributed by atoms with Crippen LogP contribution in [0.5, 0.6) is 11.5 Å². The Morgan fingerprint density at radius 1 is 0.732 bits per heavy atom. The monoisotopic (exact) mass is 558 g/mol. The van der Waals surface area contributed by atoms with E-state index in [0.717, 1.165) is 11.1 Å². The van der Waals surface area contributed by atoms with E-state index >= 15 is 0 Å². The average Bonchev–Trinajstić information content (AvgIpc) is 2.95. The molecule has 1 N–H and O–H groups in total. The number of nitrogens with zero attached hydrogens (tertiary/aromatic N) is 1. The van der Waals surface area contributed by atoms with Gasteiger partial charge in [-0.1, -0.05) is 74.5 Å². The minimum atomic E-state index is -0.471. The maximum Gasteiger partial charge on any atom is 0.311 e. The van der Waals surface area contributed by atoms with Crippen LogP contribution in [0.1, 0.15) is 61.0 Å². The second kappa shape index (κ2) is 16.7. The number of carbonyl (C=O) groups excluding carboxylic acids is 4. The van der Waals surface area contributed by atoms with Gasteiger partial charge in [-0.25, -0.2) is 0 Å². The maximum absolute atomic E-state index is 13.4. The Morgan fingerprint density at radius 2 is 1.32 bits per heavy atom. The average molecular weight is 559 g/mol. The van der Waals surface area contributed by atoms with Gasteiger partial charge in [0.25, 0.3) is 0 Å². The van der Waals surface area contributed by atoms with Crippen molar-refractivity contribution in [2.75, 3.05) is 19.6 Å². The van der Waals surface area contributed by atoms with Gasteiger partial charge in [-0.3, -0.25) is 24.1 Å². The first kappa shape index (κ1) is 31.2. The van der Waals surface area contributed by atoms with Crippen molar-refractivity contribution >= 4 is 23.6 Å². The van der Waals surface area contributed by atoms with E-state index in [2.05, 4.69) is 5.32 Å². The van der Waals surface area contributed by atoms with E-state index in [1.54, 1.807) is 6.07 Å². The van der Waals surface area contributed by atoms with Crippen LogP contribution in [0.3, 0.4) is 0 Å². The highest BCUT2D eigenvalue weighted by Crippen LogP contribution is 2.30. The lowest BCUT2D eigenvalue weighted by atomic mass is 10.1.